The summed E-state index contributed by atoms with van der Waals surface area (Å²) in [6.07, 6.45) is 0. The van der Waals surface area contributed by atoms with Crippen molar-refractivity contribution in [3.8, 4) is 0 Å². The highest BCUT2D eigenvalue weighted by atomic mass is 15.5. The van der Waals surface area contributed by atoms with Gasteiger partial charge in [0, 0.05) is 13.6 Å². The van der Waals surface area contributed by atoms with Crippen LogP contribution in [-0.2, 0) is 6.54 Å². The normalized spacial score (nSPS) is 11.9. The lowest BCUT2D eigenvalue weighted by molar-refractivity contribution is 0.734. The third-order valence-corrected chi connectivity index (χ3v) is 1.86. The second-order valence-corrected chi connectivity index (χ2v) is 2.52. The molecule has 2 rings (SSSR count). The first-order valence-corrected chi connectivity index (χ1v) is 5.43. The van der Waals surface area contributed by atoms with Gasteiger partial charge >= 0.3 is 0 Å². The zero-order valence-electron chi connectivity index (χ0n) is 9.96. The molecule has 0 atom stereocenters. The standard InChI is InChI=1S/C8H10N2.2C2H6/c1-10-8-5-3-2-4-7(8)6-9-10;2*1-2/h2-5,9H,6H2,1H3;2*1-2H3. The molecule has 80 valence electrons. The molecule has 1 heterocycles. The predicted molar refractivity (Wildman–Crippen MR) is 64.4 cm³/mol. The minimum atomic E-state index is 0.965. The molecule has 1 aromatic rings. The van der Waals surface area contributed by atoms with Crippen LogP contribution in [0.3, 0.4) is 0 Å². The number of para-hydroxylation sites is 1. The van der Waals surface area contributed by atoms with Gasteiger partial charge in [-0.3, -0.25) is 0 Å². The van der Waals surface area contributed by atoms with Crippen molar-refractivity contribution in [1.82, 2.24) is 5.43 Å². The summed E-state index contributed by atoms with van der Waals surface area (Å²) < 4.78 is 0. The lowest BCUT2D eigenvalue weighted by Crippen LogP contribution is -2.26. The number of nitrogens with one attached hydrogen (secondary N) is 1. The van der Waals surface area contributed by atoms with Crippen LogP contribution in [0.25, 0.3) is 0 Å². The van der Waals surface area contributed by atoms with Gasteiger partial charge in [-0.1, -0.05) is 45.9 Å². The van der Waals surface area contributed by atoms with Gasteiger partial charge in [-0.05, 0) is 11.6 Å². The molecule has 0 unspecified atom stereocenters. The molecule has 1 aromatic carbocycles. The van der Waals surface area contributed by atoms with Gasteiger partial charge in [-0.2, -0.15) is 0 Å². The second kappa shape index (κ2) is 7.39. The summed E-state index contributed by atoms with van der Waals surface area (Å²) in [6, 6.07) is 8.39. The van der Waals surface area contributed by atoms with Crippen molar-refractivity contribution >= 4 is 5.69 Å². The zero-order chi connectivity index (χ0) is 11.0. The van der Waals surface area contributed by atoms with E-state index in [2.05, 4.69) is 34.7 Å². The molecule has 0 aromatic heterocycles. The Balaban J connectivity index is 0.000000379. The number of hydrogen-bond donors (Lipinski definition) is 1. The van der Waals surface area contributed by atoms with Crippen LogP contribution in [0.4, 0.5) is 5.69 Å². The van der Waals surface area contributed by atoms with Crippen molar-refractivity contribution in [3.05, 3.63) is 29.8 Å². The molecule has 0 bridgehead atoms. The summed E-state index contributed by atoms with van der Waals surface area (Å²) >= 11 is 0. The van der Waals surface area contributed by atoms with E-state index < -0.39 is 0 Å². The number of fused-ring (bicyclic) bond motifs is 1. The van der Waals surface area contributed by atoms with Crippen molar-refractivity contribution < 1.29 is 0 Å². The fraction of sp³-hybridized carbons (Fsp3) is 0.500. The Morgan fingerprint density at radius 1 is 1.07 bits per heavy atom. The quantitative estimate of drug-likeness (QED) is 0.682. The molecule has 0 saturated carbocycles. The summed E-state index contributed by atoms with van der Waals surface area (Å²) in [7, 11) is 2.03. The Kier molecular flexibility index (Phi) is 6.85. The average Bonchev–Trinajstić information content (AvgIpc) is 2.67. The summed E-state index contributed by atoms with van der Waals surface area (Å²) in [5.74, 6) is 0. The maximum Gasteiger partial charge on any atom is 0.0562 e. The third-order valence-electron chi connectivity index (χ3n) is 1.86. The lowest BCUT2D eigenvalue weighted by atomic mass is 10.2. The Morgan fingerprint density at radius 2 is 1.64 bits per heavy atom. The van der Waals surface area contributed by atoms with Gasteiger partial charge in [0.1, 0.15) is 0 Å². The first kappa shape index (κ1) is 13.0. The molecule has 0 fully saturated rings. The maximum absolute atomic E-state index is 3.22. The fourth-order valence-electron chi connectivity index (χ4n) is 1.28. The molecule has 0 spiro atoms. The van der Waals surface area contributed by atoms with E-state index in [-0.39, 0.29) is 0 Å². The molecule has 0 saturated heterocycles. The average molecular weight is 194 g/mol. The monoisotopic (exact) mass is 194 g/mol. The molecular weight excluding hydrogens is 172 g/mol. The molecule has 1 aliphatic rings. The van der Waals surface area contributed by atoms with E-state index in [0.717, 1.165) is 6.54 Å². The summed E-state index contributed by atoms with van der Waals surface area (Å²) in [4.78, 5) is 0. The third kappa shape index (κ3) is 3.04. The van der Waals surface area contributed by atoms with Crippen LogP contribution >= 0.6 is 0 Å². The summed E-state index contributed by atoms with van der Waals surface area (Å²) in [6.45, 7) is 8.96. The van der Waals surface area contributed by atoms with E-state index >= 15 is 0 Å². The minimum Gasteiger partial charge on any atom is -0.311 e. The number of hydrazine groups is 1. The number of hydrogen-bond acceptors (Lipinski definition) is 2. The number of anilines is 1. The first-order chi connectivity index (χ1) is 6.88. The van der Waals surface area contributed by atoms with E-state index in [9.17, 15) is 0 Å². The smallest absolute Gasteiger partial charge is 0.0562 e. The molecule has 0 amide bonds. The van der Waals surface area contributed by atoms with Crippen LogP contribution in [0.5, 0.6) is 0 Å². The van der Waals surface area contributed by atoms with E-state index in [1.165, 1.54) is 11.3 Å². The van der Waals surface area contributed by atoms with E-state index in [0.29, 0.717) is 0 Å². The molecule has 2 heteroatoms. The van der Waals surface area contributed by atoms with Crippen LogP contribution < -0.4 is 10.4 Å². The number of nitrogens with zero attached hydrogens (tertiary/aromatic N) is 1. The zero-order valence-corrected chi connectivity index (χ0v) is 9.96. The second-order valence-electron chi connectivity index (χ2n) is 2.52. The molecule has 0 radical (unpaired) electrons. The lowest BCUT2D eigenvalue weighted by Gasteiger charge is -2.10. The van der Waals surface area contributed by atoms with Crippen molar-refractivity contribution in [2.24, 2.45) is 0 Å². The van der Waals surface area contributed by atoms with Crippen LogP contribution in [0.1, 0.15) is 33.3 Å². The van der Waals surface area contributed by atoms with Gasteiger partial charge in [-0.25, -0.2) is 5.43 Å². The van der Waals surface area contributed by atoms with Crippen LogP contribution in [0, 0.1) is 0 Å². The van der Waals surface area contributed by atoms with Gasteiger partial charge in [-0.15, -0.1) is 0 Å². The maximum atomic E-state index is 3.22. The van der Waals surface area contributed by atoms with Crippen molar-refractivity contribution in [2.75, 3.05) is 12.1 Å². The van der Waals surface area contributed by atoms with E-state index in [1.807, 2.05) is 34.7 Å². The minimum absolute atomic E-state index is 0.965. The highest BCUT2D eigenvalue weighted by Gasteiger charge is 2.12. The van der Waals surface area contributed by atoms with Crippen molar-refractivity contribution in [1.29, 1.82) is 0 Å². The summed E-state index contributed by atoms with van der Waals surface area (Å²) in [5.41, 5.74) is 5.89. The predicted octanol–water partition coefficient (Wildman–Crippen LogP) is 3.19. The van der Waals surface area contributed by atoms with Crippen LogP contribution in [0.15, 0.2) is 24.3 Å². The van der Waals surface area contributed by atoms with Gasteiger partial charge in [0.05, 0.1) is 5.69 Å². The molecule has 1 N–H and O–H groups in total. The molecule has 14 heavy (non-hydrogen) atoms. The van der Waals surface area contributed by atoms with Crippen molar-refractivity contribution in [2.45, 2.75) is 34.2 Å². The number of rotatable bonds is 0. The van der Waals surface area contributed by atoms with Gasteiger partial charge < -0.3 is 5.01 Å². The van der Waals surface area contributed by atoms with Crippen LogP contribution in [-0.4, -0.2) is 7.05 Å². The van der Waals surface area contributed by atoms with Crippen LogP contribution in [0.2, 0.25) is 0 Å². The van der Waals surface area contributed by atoms with Gasteiger partial charge in [0.25, 0.3) is 0 Å². The van der Waals surface area contributed by atoms with E-state index in [4.69, 9.17) is 0 Å². The molecule has 1 aliphatic heterocycles. The van der Waals surface area contributed by atoms with Crippen molar-refractivity contribution in [3.63, 3.8) is 0 Å². The largest absolute Gasteiger partial charge is 0.311 e. The van der Waals surface area contributed by atoms with Gasteiger partial charge in [0.2, 0.25) is 0 Å². The molecule has 0 aliphatic carbocycles. The summed E-state index contributed by atoms with van der Waals surface area (Å²) in [5, 5.41) is 2.05. The Labute approximate surface area is 87.9 Å². The van der Waals surface area contributed by atoms with Gasteiger partial charge in [0.15, 0.2) is 0 Å². The molecular formula is C12H22N2. The van der Waals surface area contributed by atoms with E-state index in [1.54, 1.807) is 0 Å². The topological polar surface area (TPSA) is 15.3 Å². The Morgan fingerprint density at radius 3 is 2.21 bits per heavy atom. The highest BCUT2D eigenvalue weighted by molar-refractivity contribution is 5.55. The number of benzene rings is 1. The highest BCUT2D eigenvalue weighted by Crippen LogP contribution is 2.21. The SMILES string of the molecule is CC.CC.CN1NCc2ccccc21. The molecule has 2 nitrogen and oxygen atoms in total. The fourth-order valence-corrected chi connectivity index (χ4v) is 1.28. The first-order valence-electron chi connectivity index (χ1n) is 5.43. The Bertz CT molecular complexity index is 246. The Hall–Kier alpha value is -1.02.